The van der Waals surface area contributed by atoms with Gasteiger partial charge in [-0.1, -0.05) is 23.4 Å². The van der Waals surface area contributed by atoms with E-state index in [-0.39, 0.29) is 11.6 Å². The van der Waals surface area contributed by atoms with E-state index in [4.69, 9.17) is 16.8 Å². The molecule has 0 N–H and O–H groups in total. The highest BCUT2D eigenvalue weighted by molar-refractivity contribution is 6.24. The zero-order valence-corrected chi connectivity index (χ0v) is 18.7. The SMILES string of the molecule is O=C(c1ccc(-c2ccc3nnn(Cc4ccc5ncccc5c4)c3n2)cc1F)N(Cl)C1CC1. The fourth-order valence-electron chi connectivity index (χ4n) is 3.95. The Kier molecular flexibility index (Phi) is 4.95. The van der Waals surface area contributed by atoms with Gasteiger partial charge in [0.2, 0.25) is 0 Å². The molecule has 1 amide bonds. The normalized spacial score (nSPS) is 13.5. The Labute approximate surface area is 198 Å². The number of fused-ring (bicyclic) bond motifs is 2. The van der Waals surface area contributed by atoms with Crippen LogP contribution in [0.15, 0.2) is 66.9 Å². The summed E-state index contributed by atoms with van der Waals surface area (Å²) in [5.41, 5.74) is 4.24. The molecule has 2 aromatic carbocycles. The van der Waals surface area contributed by atoms with Crippen molar-refractivity contribution in [2.75, 3.05) is 0 Å². The minimum atomic E-state index is -0.632. The zero-order valence-electron chi connectivity index (χ0n) is 17.9. The number of hydrogen-bond donors (Lipinski definition) is 0. The van der Waals surface area contributed by atoms with Crippen LogP contribution in [-0.2, 0) is 6.54 Å². The van der Waals surface area contributed by atoms with Gasteiger partial charge in [-0.3, -0.25) is 9.78 Å². The summed E-state index contributed by atoms with van der Waals surface area (Å²) in [7, 11) is 0. The summed E-state index contributed by atoms with van der Waals surface area (Å²) in [6.45, 7) is 0.478. The summed E-state index contributed by atoms with van der Waals surface area (Å²) in [6, 6.07) is 17.9. The van der Waals surface area contributed by atoms with Crippen molar-refractivity contribution < 1.29 is 9.18 Å². The van der Waals surface area contributed by atoms with E-state index >= 15 is 0 Å². The van der Waals surface area contributed by atoms with E-state index in [1.54, 1.807) is 29.1 Å². The Morgan fingerprint density at radius 3 is 2.76 bits per heavy atom. The van der Waals surface area contributed by atoms with Gasteiger partial charge < -0.3 is 0 Å². The van der Waals surface area contributed by atoms with Crippen LogP contribution in [0.1, 0.15) is 28.8 Å². The third kappa shape index (κ3) is 3.76. The van der Waals surface area contributed by atoms with Crippen LogP contribution in [0.3, 0.4) is 0 Å². The minimum absolute atomic E-state index is 0.0102. The van der Waals surface area contributed by atoms with E-state index in [0.29, 0.717) is 29.0 Å². The van der Waals surface area contributed by atoms with E-state index in [9.17, 15) is 9.18 Å². The van der Waals surface area contributed by atoms with Crippen LogP contribution >= 0.6 is 11.8 Å². The number of pyridine rings is 2. The first-order valence-corrected chi connectivity index (χ1v) is 11.2. The fraction of sp³-hybridized carbons (Fsp3) is 0.160. The number of hydrogen-bond acceptors (Lipinski definition) is 5. The molecule has 3 heterocycles. The van der Waals surface area contributed by atoms with Crippen LogP contribution in [0.2, 0.25) is 0 Å². The average molecular weight is 473 g/mol. The molecule has 1 aliphatic rings. The molecule has 34 heavy (non-hydrogen) atoms. The molecule has 0 saturated heterocycles. The van der Waals surface area contributed by atoms with Crippen LogP contribution in [-0.4, -0.2) is 41.3 Å². The summed E-state index contributed by atoms with van der Waals surface area (Å²) in [4.78, 5) is 21.5. The third-order valence-corrected chi connectivity index (χ3v) is 6.35. The lowest BCUT2D eigenvalue weighted by atomic mass is 10.1. The van der Waals surface area contributed by atoms with Crippen LogP contribution in [0, 0.1) is 5.82 Å². The Morgan fingerprint density at radius 1 is 1.09 bits per heavy atom. The molecule has 0 spiro atoms. The molecule has 6 rings (SSSR count). The number of rotatable bonds is 5. The molecule has 7 nitrogen and oxygen atoms in total. The number of halogens is 2. The predicted octanol–water partition coefficient (Wildman–Crippen LogP) is 4.99. The molecule has 0 unspecified atom stereocenters. The Balaban J connectivity index is 1.31. The molecule has 1 saturated carbocycles. The number of carbonyl (C=O) groups is 1. The summed E-state index contributed by atoms with van der Waals surface area (Å²) >= 11 is 6.05. The van der Waals surface area contributed by atoms with Gasteiger partial charge >= 0.3 is 0 Å². The smallest absolute Gasteiger partial charge is 0.268 e. The van der Waals surface area contributed by atoms with Gasteiger partial charge in [0.05, 0.1) is 23.3 Å². The van der Waals surface area contributed by atoms with Gasteiger partial charge in [0.1, 0.15) is 11.3 Å². The zero-order chi connectivity index (χ0) is 23.2. The summed E-state index contributed by atoms with van der Waals surface area (Å²) in [5.74, 6) is -1.16. The molecule has 168 valence electrons. The fourth-order valence-corrected chi connectivity index (χ4v) is 4.23. The maximum Gasteiger partial charge on any atom is 0.271 e. The van der Waals surface area contributed by atoms with Crippen molar-refractivity contribution in [3.63, 3.8) is 0 Å². The molecule has 1 aliphatic carbocycles. The third-order valence-electron chi connectivity index (χ3n) is 5.92. The van der Waals surface area contributed by atoms with Crippen molar-refractivity contribution in [3.8, 4) is 11.3 Å². The highest BCUT2D eigenvalue weighted by Gasteiger charge is 2.33. The van der Waals surface area contributed by atoms with Gasteiger partial charge in [0, 0.05) is 35.0 Å². The number of carbonyl (C=O) groups excluding carboxylic acids is 1. The Hall–Kier alpha value is -3.91. The second-order valence-corrected chi connectivity index (χ2v) is 8.72. The van der Waals surface area contributed by atoms with Crippen molar-refractivity contribution in [3.05, 3.63) is 83.8 Å². The van der Waals surface area contributed by atoms with Crippen molar-refractivity contribution in [1.29, 1.82) is 0 Å². The lowest BCUT2D eigenvalue weighted by Crippen LogP contribution is -2.24. The van der Waals surface area contributed by atoms with Crippen LogP contribution in [0.25, 0.3) is 33.3 Å². The topological polar surface area (TPSA) is 76.8 Å². The summed E-state index contributed by atoms with van der Waals surface area (Å²) in [5, 5.41) is 9.50. The van der Waals surface area contributed by atoms with E-state index in [2.05, 4.69) is 21.4 Å². The summed E-state index contributed by atoms with van der Waals surface area (Å²) in [6.07, 6.45) is 3.45. The highest BCUT2D eigenvalue weighted by atomic mass is 35.5. The number of aromatic nitrogens is 5. The number of nitrogens with zero attached hydrogens (tertiary/aromatic N) is 6. The molecule has 9 heteroatoms. The maximum absolute atomic E-state index is 14.8. The molecule has 1 fully saturated rings. The van der Waals surface area contributed by atoms with Gasteiger partial charge in [-0.2, -0.15) is 0 Å². The lowest BCUT2D eigenvalue weighted by Gasteiger charge is -2.13. The highest BCUT2D eigenvalue weighted by Crippen LogP contribution is 2.31. The molecule has 0 aliphatic heterocycles. The van der Waals surface area contributed by atoms with Crippen LogP contribution in [0.4, 0.5) is 4.39 Å². The Bertz CT molecular complexity index is 1560. The van der Waals surface area contributed by atoms with Gasteiger partial charge in [0.15, 0.2) is 5.65 Å². The molecule has 5 aromatic rings. The molecule has 0 atom stereocenters. The van der Waals surface area contributed by atoms with Crippen LogP contribution in [0.5, 0.6) is 0 Å². The van der Waals surface area contributed by atoms with Crippen molar-refractivity contribution in [1.82, 2.24) is 29.4 Å². The molecule has 0 radical (unpaired) electrons. The van der Waals surface area contributed by atoms with Gasteiger partial charge in [0.25, 0.3) is 5.91 Å². The second kappa shape index (κ2) is 8.14. The van der Waals surface area contributed by atoms with E-state index < -0.39 is 11.7 Å². The monoisotopic (exact) mass is 472 g/mol. The van der Waals surface area contributed by atoms with Gasteiger partial charge in [-0.25, -0.2) is 18.5 Å². The molecular formula is C25H18ClFN6O. The van der Waals surface area contributed by atoms with E-state index in [1.807, 2.05) is 24.3 Å². The quantitative estimate of drug-likeness (QED) is 0.337. The van der Waals surface area contributed by atoms with E-state index in [1.165, 1.54) is 12.1 Å². The Morgan fingerprint density at radius 2 is 1.94 bits per heavy atom. The van der Waals surface area contributed by atoms with Crippen molar-refractivity contribution in [2.24, 2.45) is 0 Å². The average Bonchev–Trinajstić information content (AvgIpc) is 3.64. The summed E-state index contributed by atoms with van der Waals surface area (Å²) < 4.78 is 17.6. The molecule has 3 aromatic heterocycles. The number of benzene rings is 2. The first-order valence-electron chi connectivity index (χ1n) is 10.9. The predicted molar refractivity (Wildman–Crippen MR) is 127 cm³/mol. The standard InChI is InChI=1S/C25H18ClFN6O/c26-33(18-5-6-18)25(34)19-7-4-17(13-20(19)27)22-9-10-23-24(29-22)32(31-30-23)14-15-3-8-21-16(12-15)2-1-11-28-21/h1-4,7-13,18H,5-6,14H2. The van der Waals surface area contributed by atoms with Crippen LogP contribution < -0.4 is 0 Å². The number of amides is 1. The van der Waals surface area contributed by atoms with Gasteiger partial charge in [-0.05, 0) is 60.9 Å². The van der Waals surface area contributed by atoms with Gasteiger partial charge in [-0.15, -0.1) is 5.10 Å². The largest absolute Gasteiger partial charge is 0.271 e. The molecular weight excluding hydrogens is 455 g/mol. The maximum atomic E-state index is 14.8. The van der Waals surface area contributed by atoms with E-state index in [0.717, 1.165) is 33.7 Å². The minimum Gasteiger partial charge on any atom is -0.268 e. The first kappa shape index (κ1) is 20.7. The first-order chi connectivity index (χ1) is 16.6. The lowest BCUT2D eigenvalue weighted by molar-refractivity contribution is 0.0853. The second-order valence-electron chi connectivity index (χ2n) is 8.36. The van der Waals surface area contributed by atoms with Crippen molar-refractivity contribution in [2.45, 2.75) is 25.4 Å². The van der Waals surface area contributed by atoms with Crippen molar-refractivity contribution >= 4 is 39.8 Å². The molecule has 0 bridgehead atoms.